The number of aliphatic carboxylic acids is 1. The molecule has 0 saturated carbocycles. The molecule has 0 saturated heterocycles. The van der Waals surface area contributed by atoms with Crippen LogP contribution in [-0.4, -0.2) is 58.2 Å². The van der Waals surface area contributed by atoms with Crippen LogP contribution < -0.4 is 17.2 Å². The van der Waals surface area contributed by atoms with Crippen LogP contribution in [0.25, 0.3) is 22.3 Å². The number of primary amides is 2. The molecule has 0 spiro atoms. The molecule has 0 unspecified atom stereocenters. The van der Waals surface area contributed by atoms with Gasteiger partial charge in [0.2, 0.25) is 0 Å². The lowest BCUT2D eigenvalue weighted by Gasteiger charge is -2.20. The fraction of sp³-hybridized carbons (Fsp3) is 0.170. The molecule has 2 amide bonds. The Hall–Kier alpha value is -8.99. The molecule has 76 heavy (non-hydrogen) atoms. The Balaban J connectivity index is 0.000000205. The topological polar surface area (TPSA) is 228 Å². The maximum Gasteiger partial charge on any atom is 0.435 e. The summed E-state index contributed by atoms with van der Waals surface area (Å²) in [4.78, 5) is 55.0. The van der Waals surface area contributed by atoms with Crippen molar-refractivity contribution in [3.63, 3.8) is 0 Å². The van der Waals surface area contributed by atoms with E-state index in [1.165, 1.54) is 65.6 Å². The molecule has 0 fully saturated rings. The maximum absolute atomic E-state index is 14.1. The second kappa shape index (κ2) is 24.8. The summed E-state index contributed by atoms with van der Waals surface area (Å²) in [5, 5.41) is 15.5. The molecule has 7 N–H and O–H groups in total. The number of amides is 2. The predicted octanol–water partition coefficient (Wildman–Crippen LogP) is 9.25. The summed E-state index contributed by atoms with van der Waals surface area (Å²) in [6, 6.07) is 22.9. The molecule has 4 aromatic carbocycles. The quantitative estimate of drug-likeness (QED) is 0.0671. The van der Waals surface area contributed by atoms with E-state index in [0.29, 0.717) is 49.5 Å². The third kappa shape index (κ3) is 15.5. The van der Waals surface area contributed by atoms with Crippen molar-refractivity contribution in [1.82, 2.24) is 29.5 Å². The third-order valence-corrected chi connectivity index (χ3v) is 11.1. The largest absolute Gasteiger partial charge is 0.480 e. The van der Waals surface area contributed by atoms with Crippen molar-refractivity contribution in [3.8, 4) is 22.3 Å². The van der Waals surface area contributed by atoms with E-state index in [4.69, 9.17) is 22.3 Å². The van der Waals surface area contributed by atoms with Gasteiger partial charge in [0.1, 0.15) is 41.4 Å². The minimum absolute atomic E-state index is 0.00489. The molecular weight excluding hydrogens is 1010 g/mol. The minimum Gasteiger partial charge on any atom is -0.480 e. The molecule has 4 aromatic heterocycles. The van der Waals surface area contributed by atoms with Gasteiger partial charge in [0.15, 0.2) is 11.5 Å². The van der Waals surface area contributed by atoms with E-state index in [1.807, 2.05) is 6.92 Å². The zero-order valence-electron chi connectivity index (χ0n) is 39.8. The minimum atomic E-state index is -4.52. The highest BCUT2D eigenvalue weighted by atomic mass is 19.4. The summed E-state index contributed by atoms with van der Waals surface area (Å²) >= 11 is 0. The van der Waals surface area contributed by atoms with Crippen molar-refractivity contribution in [2.24, 2.45) is 17.2 Å². The van der Waals surface area contributed by atoms with Crippen LogP contribution in [0.2, 0.25) is 0 Å². The van der Waals surface area contributed by atoms with Crippen molar-refractivity contribution >= 4 is 23.6 Å². The lowest BCUT2D eigenvalue weighted by molar-refractivity contribution is -0.143. The summed E-state index contributed by atoms with van der Waals surface area (Å²) in [5.74, 6) is -8.11. The number of benzene rings is 4. The molecule has 8 rings (SSSR count). The molecule has 14 nitrogen and oxygen atoms in total. The molecule has 0 aliphatic rings. The fourth-order valence-electron chi connectivity index (χ4n) is 7.88. The van der Waals surface area contributed by atoms with Crippen LogP contribution in [0.4, 0.5) is 39.5 Å². The summed E-state index contributed by atoms with van der Waals surface area (Å²) in [7, 11) is 0. The van der Waals surface area contributed by atoms with Gasteiger partial charge in [-0.15, -0.1) is 0 Å². The second-order valence-corrected chi connectivity index (χ2v) is 16.9. The highest BCUT2D eigenvalue weighted by Gasteiger charge is 2.33. The van der Waals surface area contributed by atoms with E-state index in [0.717, 1.165) is 42.2 Å². The normalized spacial score (nSPS) is 11.9. The number of carbonyl (C=O) groups is 4. The Morgan fingerprint density at radius 1 is 0.605 bits per heavy atom. The fourth-order valence-corrected chi connectivity index (χ4v) is 7.88. The number of aromatic nitrogens is 6. The van der Waals surface area contributed by atoms with Gasteiger partial charge in [-0.25, -0.2) is 26.3 Å². The molecule has 23 heteroatoms. The Kier molecular flexibility index (Phi) is 18.4. The third-order valence-electron chi connectivity index (χ3n) is 11.1. The number of carboxylic acid groups (broad SMARTS) is 1. The van der Waals surface area contributed by atoms with Crippen molar-refractivity contribution in [1.29, 1.82) is 0 Å². The number of alkyl halides is 3. The van der Waals surface area contributed by atoms with Gasteiger partial charge in [0, 0.05) is 60.4 Å². The number of halogens is 9. The summed E-state index contributed by atoms with van der Waals surface area (Å²) < 4.78 is 120. The first kappa shape index (κ1) is 56.3. The SMILES string of the molecule is Cc1ccn(CC(=O)C[C@@H](Cc2cc(F)cc(F)c2)c2ncccc2-c2ccc(F)c(C(N)=O)c2)n1.NC(=O)c1cc(-c2cccnc2[C@@H](N)Cc2cc(F)cc(F)c2)ccc1F.O=C(O)Cn1ccc(C(F)(F)F)n1. The lowest BCUT2D eigenvalue weighted by atomic mass is 9.86. The predicted molar refractivity (Wildman–Crippen MR) is 258 cm³/mol. The van der Waals surface area contributed by atoms with Crippen molar-refractivity contribution in [2.75, 3.05) is 0 Å². The number of hydrogen-bond donors (Lipinski definition) is 4. The summed E-state index contributed by atoms with van der Waals surface area (Å²) in [6.45, 7) is 1.26. The van der Waals surface area contributed by atoms with Crippen LogP contribution in [-0.2, 0) is 41.7 Å². The monoisotopic (exact) mass is 1060 g/mol. The number of carboxylic acids is 1. The van der Waals surface area contributed by atoms with Gasteiger partial charge in [-0.2, -0.15) is 23.4 Å². The number of aryl methyl sites for hydroxylation is 1. The Bertz CT molecular complexity index is 3360. The first-order valence-electron chi connectivity index (χ1n) is 22.5. The highest BCUT2D eigenvalue weighted by molar-refractivity contribution is 5.95. The molecule has 2 atom stereocenters. The second-order valence-electron chi connectivity index (χ2n) is 16.9. The van der Waals surface area contributed by atoms with Gasteiger partial charge in [-0.05, 0) is 115 Å². The average Bonchev–Trinajstić information content (AvgIpc) is 3.99. The van der Waals surface area contributed by atoms with Crippen LogP contribution in [0.3, 0.4) is 0 Å². The molecular formula is C53H44F9N9O5. The number of carbonyl (C=O) groups excluding carboxylic acids is 3. The molecule has 8 aromatic rings. The zero-order chi connectivity index (χ0) is 55.4. The van der Waals surface area contributed by atoms with Gasteiger partial charge < -0.3 is 22.3 Å². The number of pyridine rings is 2. The smallest absolute Gasteiger partial charge is 0.435 e. The van der Waals surface area contributed by atoms with E-state index >= 15 is 0 Å². The number of ketones is 1. The molecule has 0 aliphatic heterocycles. The Morgan fingerprint density at radius 3 is 1.54 bits per heavy atom. The Morgan fingerprint density at radius 2 is 1.08 bits per heavy atom. The van der Waals surface area contributed by atoms with Crippen LogP contribution in [0.15, 0.2) is 134 Å². The first-order chi connectivity index (χ1) is 35.9. The van der Waals surface area contributed by atoms with Crippen LogP contribution in [0.1, 0.15) is 73.0 Å². The van der Waals surface area contributed by atoms with Crippen molar-refractivity contribution in [2.45, 2.75) is 57.4 Å². The standard InChI is InChI=1S/C27H23F3N4O2.C20H16F3N3O.C6H5F3N2O2/c1-16-6-8-34(33-16)15-22(35)12-19(9-17-10-20(28)14-21(29)11-17)26-23(3-2-7-32-26)18-4-5-25(30)24(13-18)27(31)36;21-13-6-11(7-14(22)10-13)8-18(24)19-15(2-1-5-26-19)12-3-4-17(23)16(9-12)20(25)27;7-6(8,9)4-1-2-11(10-4)3-5(12)13/h2-8,10-11,13-14,19H,9,12,15H2,1H3,(H2,31,36);1-7,9-10,18H,8,24H2,(H2,25,27);1-2H,3H2,(H,12,13)/t19-;18-;/m10./s1. The summed E-state index contributed by atoms with van der Waals surface area (Å²) in [5.41, 5.74) is 19.6. The van der Waals surface area contributed by atoms with Gasteiger partial charge in [-0.3, -0.25) is 38.5 Å². The highest BCUT2D eigenvalue weighted by Crippen LogP contribution is 2.34. The van der Waals surface area contributed by atoms with E-state index < -0.39 is 83.1 Å². The lowest BCUT2D eigenvalue weighted by Crippen LogP contribution is -2.17. The molecule has 0 bridgehead atoms. The van der Waals surface area contributed by atoms with Gasteiger partial charge in [0.05, 0.1) is 40.8 Å². The average molecular weight is 1060 g/mol. The molecule has 0 aliphatic carbocycles. The van der Waals surface area contributed by atoms with Crippen LogP contribution in [0.5, 0.6) is 0 Å². The van der Waals surface area contributed by atoms with E-state index in [9.17, 15) is 58.7 Å². The molecule has 0 radical (unpaired) electrons. The summed E-state index contributed by atoms with van der Waals surface area (Å²) in [6.07, 6.45) is 1.47. The van der Waals surface area contributed by atoms with Crippen molar-refractivity contribution < 1.29 is 63.8 Å². The van der Waals surface area contributed by atoms with Gasteiger partial charge in [-0.1, -0.05) is 24.3 Å². The van der Waals surface area contributed by atoms with Crippen LogP contribution in [0, 0.1) is 41.8 Å². The number of nitrogens with zero attached hydrogens (tertiary/aromatic N) is 6. The zero-order valence-corrected chi connectivity index (χ0v) is 39.8. The molecule has 4 heterocycles. The number of Topliss-reactive ketones (excluding diaryl/α,β-unsaturated/α-hetero) is 1. The van der Waals surface area contributed by atoms with Crippen molar-refractivity contribution in [3.05, 3.63) is 214 Å². The Labute approximate surface area is 426 Å². The van der Waals surface area contributed by atoms with E-state index in [1.54, 1.807) is 36.5 Å². The van der Waals surface area contributed by atoms with Crippen LogP contribution >= 0.6 is 0 Å². The van der Waals surface area contributed by atoms with E-state index in [2.05, 4.69) is 20.2 Å². The maximum atomic E-state index is 14.1. The first-order valence-corrected chi connectivity index (χ1v) is 22.5. The van der Waals surface area contributed by atoms with Gasteiger partial charge >= 0.3 is 12.1 Å². The van der Waals surface area contributed by atoms with Gasteiger partial charge in [0.25, 0.3) is 11.8 Å². The number of nitrogens with two attached hydrogens (primary N) is 3. The number of rotatable bonds is 16. The van der Waals surface area contributed by atoms with E-state index in [-0.39, 0.29) is 42.7 Å². The molecule has 394 valence electrons. The number of hydrogen-bond acceptors (Lipinski definition) is 9.